The van der Waals surface area contributed by atoms with Crippen molar-refractivity contribution in [1.82, 2.24) is 29.7 Å². The summed E-state index contributed by atoms with van der Waals surface area (Å²) in [6.45, 7) is -0.834. The van der Waals surface area contributed by atoms with Crippen LogP contribution in [0.25, 0.3) is 17.0 Å². The predicted molar refractivity (Wildman–Crippen MR) is 108 cm³/mol. The molecule has 0 atom stereocenters. The average Bonchev–Trinajstić information content (AvgIpc) is 3.36. The van der Waals surface area contributed by atoms with E-state index in [4.69, 9.17) is 0 Å². The van der Waals surface area contributed by atoms with Gasteiger partial charge in [-0.2, -0.15) is 5.10 Å². The van der Waals surface area contributed by atoms with Gasteiger partial charge in [0.05, 0.1) is 11.8 Å². The van der Waals surface area contributed by atoms with Gasteiger partial charge in [-0.1, -0.05) is 30.3 Å². The third-order valence-electron chi connectivity index (χ3n) is 4.41. The molecule has 0 saturated carbocycles. The van der Waals surface area contributed by atoms with Crippen LogP contribution in [0.15, 0.2) is 54.9 Å². The van der Waals surface area contributed by atoms with Crippen LogP contribution >= 0.6 is 0 Å². The number of alkyl halides is 1. The number of carbonyl (C=O) groups is 2. The van der Waals surface area contributed by atoms with Crippen molar-refractivity contribution >= 4 is 23.1 Å². The Labute approximate surface area is 170 Å². The molecule has 0 aliphatic rings. The Morgan fingerprint density at radius 1 is 1.13 bits per heavy atom. The highest BCUT2D eigenvalue weighted by molar-refractivity contribution is 6.11. The minimum atomic E-state index is -0.698. The van der Waals surface area contributed by atoms with E-state index in [2.05, 4.69) is 25.8 Å². The van der Waals surface area contributed by atoms with Crippen molar-refractivity contribution in [3.05, 3.63) is 66.1 Å². The molecule has 0 saturated heterocycles. The number of nitrogens with one attached hydrogen (secondary N) is 2. The van der Waals surface area contributed by atoms with Gasteiger partial charge in [0, 0.05) is 37.1 Å². The second-order valence-corrected chi connectivity index (χ2v) is 6.45. The molecule has 3 heterocycles. The number of halogens is 1. The highest BCUT2D eigenvalue weighted by Gasteiger charge is 2.22. The van der Waals surface area contributed by atoms with E-state index in [0.29, 0.717) is 17.2 Å². The first-order chi connectivity index (χ1) is 14.6. The number of pyridine rings is 1. The quantitative estimate of drug-likeness (QED) is 0.509. The fourth-order valence-electron chi connectivity index (χ4n) is 2.99. The third-order valence-corrected chi connectivity index (χ3v) is 4.41. The molecule has 0 spiro atoms. The summed E-state index contributed by atoms with van der Waals surface area (Å²) in [7, 11) is 1.55. The largest absolute Gasteiger partial charge is 0.349 e. The molecule has 2 amide bonds. The minimum Gasteiger partial charge on any atom is -0.349 e. The lowest BCUT2D eigenvalue weighted by atomic mass is 10.2. The number of hydrogen-bond acceptors (Lipinski definition) is 5. The maximum Gasteiger partial charge on any atom is 0.274 e. The van der Waals surface area contributed by atoms with E-state index in [1.165, 1.54) is 10.9 Å². The molecule has 3 aromatic heterocycles. The van der Waals surface area contributed by atoms with E-state index in [9.17, 15) is 14.0 Å². The number of rotatable bonds is 6. The first kappa shape index (κ1) is 19.2. The molecule has 152 valence electrons. The lowest BCUT2D eigenvalue weighted by Gasteiger charge is -2.08. The van der Waals surface area contributed by atoms with Gasteiger partial charge in [-0.15, -0.1) is 5.10 Å². The third kappa shape index (κ3) is 3.75. The molecule has 0 aliphatic heterocycles. The van der Waals surface area contributed by atoms with E-state index in [1.54, 1.807) is 29.9 Å². The highest BCUT2D eigenvalue weighted by Crippen LogP contribution is 2.18. The summed E-state index contributed by atoms with van der Waals surface area (Å²) in [6, 6.07) is 12.9. The second-order valence-electron chi connectivity index (χ2n) is 6.45. The molecule has 0 aliphatic carbocycles. The fraction of sp³-hybridized carbons (Fsp3) is 0.150. The molecule has 9 nitrogen and oxygen atoms in total. The number of nitrogens with zero attached hydrogens (tertiary/aromatic N) is 5. The Hall–Kier alpha value is -4.08. The summed E-state index contributed by atoms with van der Waals surface area (Å²) in [5.41, 5.74) is 2.05. The monoisotopic (exact) mass is 407 g/mol. The number of anilines is 1. The van der Waals surface area contributed by atoms with Gasteiger partial charge in [0.2, 0.25) is 0 Å². The lowest BCUT2D eigenvalue weighted by molar-refractivity contribution is 0.0936. The molecular weight excluding hydrogens is 389 g/mol. The number of aromatic nitrogens is 5. The molecule has 30 heavy (non-hydrogen) atoms. The van der Waals surface area contributed by atoms with Crippen molar-refractivity contribution in [1.29, 1.82) is 0 Å². The van der Waals surface area contributed by atoms with Crippen molar-refractivity contribution in [2.45, 2.75) is 0 Å². The molecule has 1 aromatic carbocycles. The molecule has 4 aromatic rings. The van der Waals surface area contributed by atoms with E-state index in [1.807, 2.05) is 30.3 Å². The maximum absolute atomic E-state index is 12.8. The van der Waals surface area contributed by atoms with Crippen molar-refractivity contribution < 1.29 is 14.0 Å². The van der Waals surface area contributed by atoms with Crippen LogP contribution in [0.2, 0.25) is 0 Å². The molecule has 0 unspecified atom stereocenters. The summed E-state index contributed by atoms with van der Waals surface area (Å²) in [5.74, 6) is -0.517. The molecular formula is C20H18FN7O2. The smallest absolute Gasteiger partial charge is 0.274 e. The standard InChI is InChI=1S/C20H18FN7O2/c1-27-17(15(12-23-27)19(29)22-9-8-21)20(30)24-14-7-10-28-16(11-14)25-18(26-28)13-5-3-2-4-6-13/h2-7,10-12H,8-9H2,1H3,(H,22,29)(H,24,30). The van der Waals surface area contributed by atoms with Crippen LogP contribution in [-0.4, -0.2) is 49.4 Å². The molecule has 2 N–H and O–H groups in total. The van der Waals surface area contributed by atoms with Gasteiger partial charge in [0.15, 0.2) is 11.5 Å². The molecule has 10 heteroatoms. The number of benzene rings is 1. The lowest BCUT2D eigenvalue weighted by Crippen LogP contribution is -2.28. The minimum absolute atomic E-state index is 0.0673. The first-order valence-corrected chi connectivity index (χ1v) is 9.16. The Kier molecular flexibility index (Phi) is 5.21. The Morgan fingerprint density at radius 3 is 2.70 bits per heavy atom. The van der Waals surface area contributed by atoms with E-state index >= 15 is 0 Å². The molecule has 4 rings (SSSR count). The summed E-state index contributed by atoms with van der Waals surface area (Å²) in [5, 5.41) is 13.5. The van der Waals surface area contributed by atoms with Crippen LogP contribution < -0.4 is 10.6 Å². The first-order valence-electron chi connectivity index (χ1n) is 9.16. The van der Waals surface area contributed by atoms with Crippen LogP contribution in [0.3, 0.4) is 0 Å². The van der Waals surface area contributed by atoms with Crippen LogP contribution in [0.1, 0.15) is 20.8 Å². The van der Waals surface area contributed by atoms with Gasteiger partial charge in [-0.25, -0.2) is 13.9 Å². The predicted octanol–water partition coefficient (Wildman–Crippen LogP) is 2.08. The van der Waals surface area contributed by atoms with Crippen molar-refractivity contribution in [3.8, 4) is 11.4 Å². The number of carbonyl (C=O) groups excluding carboxylic acids is 2. The summed E-state index contributed by atoms with van der Waals surface area (Å²) in [6.07, 6.45) is 2.96. The van der Waals surface area contributed by atoms with Crippen molar-refractivity contribution in [3.63, 3.8) is 0 Å². The second kappa shape index (κ2) is 8.11. The number of amides is 2. The number of aryl methyl sites for hydroxylation is 1. The zero-order chi connectivity index (χ0) is 21.1. The van der Waals surface area contributed by atoms with Crippen LogP contribution in [0.4, 0.5) is 10.1 Å². The number of fused-ring (bicyclic) bond motifs is 1. The Balaban J connectivity index is 1.58. The summed E-state index contributed by atoms with van der Waals surface area (Å²) in [4.78, 5) is 29.5. The number of hydrogen-bond donors (Lipinski definition) is 2. The van der Waals surface area contributed by atoms with E-state index in [-0.39, 0.29) is 17.8 Å². The summed E-state index contributed by atoms with van der Waals surface area (Å²) < 4.78 is 15.2. The van der Waals surface area contributed by atoms with E-state index in [0.717, 1.165) is 5.56 Å². The molecule has 0 radical (unpaired) electrons. The highest BCUT2D eigenvalue weighted by atomic mass is 19.1. The van der Waals surface area contributed by atoms with Crippen LogP contribution in [-0.2, 0) is 7.05 Å². The van der Waals surface area contributed by atoms with Crippen molar-refractivity contribution in [2.24, 2.45) is 7.05 Å². The van der Waals surface area contributed by atoms with Crippen LogP contribution in [0.5, 0.6) is 0 Å². The Morgan fingerprint density at radius 2 is 1.93 bits per heavy atom. The van der Waals surface area contributed by atoms with Gasteiger partial charge in [-0.3, -0.25) is 14.3 Å². The van der Waals surface area contributed by atoms with Gasteiger partial charge in [0.25, 0.3) is 11.8 Å². The molecule has 0 bridgehead atoms. The van der Waals surface area contributed by atoms with Gasteiger partial charge >= 0.3 is 0 Å². The van der Waals surface area contributed by atoms with Crippen molar-refractivity contribution in [2.75, 3.05) is 18.5 Å². The normalized spacial score (nSPS) is 10.9. The van der Waals surface area contributed by atoms with Gasteiger partial charge in [-0.05, 0) is 6.07 Å². The van der Waals surface area contributed by atoms with Gasteiger partial charge < -0.3 is 10.6 Å². The average molecular weight is 407 g/mol. The van der Waals surface area contributed by atoms with E-state index < -0.39 is 18.5 Å². The topological polar surface area (TPSA) is 106 Å². The van der Waals surface area contributed by atoms with Gasteiger partial charge in [0.1, 0.15) is 12.4 Å². The molecule has 0 fully saturated rings. The fourth-order valence-corrected chi connectivity index (χ4v) is 2.99. The Bertz CT molecular complexity index is 1220. The maximum atomic E-state index is 12.8. The summed E-state index contributed by atoms with van der Waals surface area (Å²) >= 11 is 0. The zero-order valence-electron chi connectivity index (χ0n) is 16.0. The SMILES string of the molecule is Cn1ncc(C(=O)NCCF)c1C(=O)Nc1ccn2nc(-c3ccccc3)nc2c1. The zero-order valence-corrected chi connectivity index (χ0v) is 16.0. The van der Waals surface area contributed by atoms with Crippen LogP contribution in [0, 0.1) is 0 Å².